The second-order valence-corrected chi connectivity index (χ2v) is 11.0. The van der Waals surface area contributed by atoms with E-state index in [1.54, 1.807) is 0 Å². The van der Waals surface area contributed by atoms with Crippen molar-refractivity contribution in [3.63, 3.8) is 0 Å². The van der Waals surface area contributed by atoms with Crippen LogP contribution in [0.2, 0.25) is 0 Å². The molecule has 4 aliphatic rings. The van der Waals surface area contributed by atoms with Gasteiger partial charge in [-0.25, -0.2) is 4.39 Å². The zero-order chi connectivity index (χ0) is 20.3. The van der Waals surface area contributed by atoms with E-state index in [-0.39, 0.29) is 16.7 Å². The minimum atomic E-state index is -1.02. The summed E-state index contributed by atoms with van der Waals surface area (Å²) in [5.41, 5.74) is 5.62. The molecular formula is C23H37FN2O2. The van der Waals surface area contributed by atoms with E-state index >= 15 is 4.39 Å². The molecule has 0 aliphatic heterocycles. The number of Topliss-reactive ketones (excluding diaryl/α,β-unsaturated/α-hetero) is 1. The summed E-state index contributed by atoms with van der Waals surface area (Å²) in [4.78, 5) is 18.1. The zero-order valence-electron chi connectivity index (χ0n) is 18.0. The number of nitrogens with two attached hydrogens (primary N) is 1. The lowest BCUT2D eigenvalue weighted by molar-refractivity contribution is -0.139. The average molecular weight is 393 g/mol. The van der Waals surface area contributed by atoms with Gasteiger partial charge in [0.2, 0.25) is 0 Å². The van der Waals surface area contributed by atoms with Gasteiger partial charge in [-0.1, -0.05) is 19.0 Å². The van der Waals surface area contributed by atoms with Gasteiger partial charge in [0.15, 0.2) is 0 Å². The fraction of sp³-hybridized carbons (Fsp3) is 0.913. The molecule has 2 N–H and O–H groups in total. The van der Waals surface area contributed by atoms with Gasteiger partial charge in [0.25, 0.3) is 0 Å². The Bertz CT molecular complexity index is 678. The first-order valence-electron chi connectivity index (χ1n) is 11.2. The minimum absolute atomic E-state index is 0.0116. The Balaban J connectivity index is 1.54. The second kappa shape index (κ2) is 6.78. The number of rotatable bonds is 3. The molecule has 4 rings (SSSR count). The van der Waals surface area contributed by atoms with Crippen LogP contribution in [0.5, 0.6) is 0 Å². The highest BCUT2D eigenvalue weighted by Gasteiger charge is 2.61. The predicted molar refractivity (Wildman–Crippen MR) is 109 cm³/mol. The van der Waals surface area contributed by atoms with Crippen molar-refractivity contribution in [2.45, 2.75) is 90.8 Å². The van der Waals surface area contributed by atoms with E-state index in [1.165, 1.54) is 0 Å². The van der Waals surface area contributed by atoms with Crippen molar-refractivity contribution >= 4 is 11.5 Å². The second-order valence-electron chi connectivity index (χ2n) is 11.0. The molecular weight excluding hydrogens is 355 g/mol. The number of carbonyl (C=O) groups excluding carboxylic acids is 1. The van der Waals surface area contributed by atoms with Gasteiger partial charge in [0.1, 0.15) is 17.6 Å². The van der Waals surface area contributed by atoms with Gasteiger partial charge in [-0.05, 0) is 82.0 Å². The molecule has 0 aromatic rings. The monoisotopic (exact) mass is 392 g/mol. The van der Waals surface area contributed by atoms with E-state index < -0.39 is 11.8 Å². The molecule has 4 nitrogen and oxygen atoms in total. The molecule has 0 saturated heterocycles. The van der Waals surface area contributed by atoms with Gasteiger partial charge < -0.3 is 10.6 Å². The quantitative estimate of drug-likeness (QED) is 0.711. The van der Waals surface area contributed by atoms with E-state index in [9.17, 15) is 4.79 Å². The fourth-order valence-electron chi connectivity index (χ4n) is 7.19. The lowest BCUT2D eigenvalue weighted by Gasteiger charge is -2.60. The lowest BCUT2D eigenvalue weighted by Crippen LogP contribution is -2.56. The Morgan fingerprint density at radius 3 is 2.57 bits per heavy atom. The van der Waals surface area contributed by atoms with E-state index in [0.717, 1.165) is 44.9 Å². The summed E-state index contributed by atoms with van der Waals surface area (Å²) in [6.45, 7) is 8.64. The number of fused-ring (bicyclic) bond motifs is 5. The first-order chi connectivity index (χ1) is 13.1. The third-order valence-corrected chi connectivity index (χ3v) is 9.14. The summed E-state index contributed by atoms with van der Waals surface area (Å²) in [5.74, 6) is 2.14. The maximum atomic E-state index is 15.6. The molecule has 0 aromatic carbocycles. The average Bonchev–Trinajstić information content (AvgIpc) is 2.96. The molecule has 0 radical (unpaired) electrons. The van der Waals surface area contributed by atoms with Crippen LogP contribution in [-0.4, -0.2) is 29.8 Å². The van der Waals surface area contributed by atoms with Crippen LogP contribution in [0.25, 0.3) is 0 Å². The molecule has 7 atom stereocenters. The number of nitrogens with zero attached hydrogens (tertiary/aromatic N) is 1. The van der Waals surface area contributed by atoms with E-state index in [4.69, 9.17) is 10.6 Å². The summed E-state index contributed by atoms with van der Waals surface area (Å²) in [6.07, 6.45) is 6.44. The van der Waals surface area contributed by atoms with Crippen LogP contribution < -0.4 is 5.73 Å². The zero-order valence-corrected chi connectivity index (χ0v) is 18.0. The molecule has 0 aromatic heterocycles. The Morgan fingerprint density at radius 1 is 1.11 bits per heavy atom. The number of hydrogen-bond donors (Lipinski definition) is 1. The van der Waals surface area contributed by atoms with Crippen molar-refractivity contribution < 1.29 is 14.0 Å². The first kappa shape index (κ1) is 20.3. The third kappa shape index (κ3) is 2.95. The molecule has 4 saturated carbocycles. The summed E-state index contributed by atoms with van der Waals surface area (Å²) in [5, 5.41) is 4.22. The van der Waals surface area contributed by atoms with E-state index in [2.05, 4.69) is 19.0 Å². The first-order valence-corrected chi connectivity index (χ1v) is 11.2. The van der Waals surface area contributed by atoms with Gasteiger partial charge in [0.05, 0.1) is 5.71 Å². The van der Waals surface area contributed by atoms with Gasteiger partial charge in [-0.3, -0.25) is 4.79 Å². The van der Waals surface area contributed by atoms with Gasteiger partial charge >= 0.3 is 0 Å². The Morgan fingerprint density at radius 2 is 1.86 bits per heavy atom. The summed E-state index contributed by atoms with van der Waals surface area (Å²) in [7, 11) is 0. The van der Waals surface area contributed by atoms with E-state index in [1.807, 2.05) is 13.8 Å². The van der Waals surface area contributed by atoms with Crippen LogP contribution in [0.4, 0.5) is 4.39 Å². The molecule has 0 spiro atoms. The smallest absolute Gasteiger partial charge is 0.145 e. The summed E-state index contributed by atoms with van der Waals surface area (Å²) < 4.78 is 15.6. The standard InChI is InChI=1S/C23H37FN2O2/c1-21(2,13-25)28-26-18-10-12-22(3)16-9-11-23(4)15(7-8-19(23)27)14(16)5-6-17(22)20(18)24/h14-17,20H,5-13,25H2,1-4H3/b26-18+/t14-,15-,16-,17?,20-,22+,23-/m0/s1. The van der Waals surface area contributed by atoms with Gasteiger partial charge in [0, 0.05) is 24.3 Å². The molecule has 4 fully saturated rings. The number of ketones is 1. The Hall–Kier alpha value is -0.970. The van der Waals surface area contributed by atoms with Crippen LogP contribution in [0, 0.1) is 34.5 Å². The van der Waals surface area contributed by atoms with Crippen LogP contribution in [-0.2, 0) is 9.63 Å². The molecule has 0 amide bonds. The number of alkyl halides is 1. The Labute approximate surface area is 168 Å². The molecule has 5 heteroatoms. The fourth-order valence-corrected chi connectivity index (χ4v) is 7.19. The molecule has 0 heterocycles. The highest BCUT2D eigenvalue weighted by molar-refractivity contribution is 5.89. The SMILES string of the molecule is CC(C)(CN)O/N=C1\CC[C@@]2(C)C(CC[C@@H]3[C@@H]2CC[C@]2(C)C(=O)CC[C@@H]32)[C@@H]1F. The van der Waals surface area contributed by atoms with Crippen molar-refractivity contribution in [2.24, 2.45) is 45.4 Å². The lowest BCUT2D eigenvalue weighted by atomic mass is 9.45. The summed E-state index contributed by atoms with van der Waals surface area (Å²) >= 11 is 0. The normalized spacial score (nSPS) is 47.4. The third-order valence-electron chi connectivity index (χ3n) is 9.14. The number of carbonyl (C=O) groups is 1. The molecule has 28 heavy (non-hydrogen) atoms. The van der Waals surface area contributed by atoms with Crippen molar-refractivity contribution in [1.82, 2.24) is 0 Å². The minimum Gasteiger partial charge on any atom is -0.388 e. The van der Waals surface area contributed by atoms with Gasteiger partial charge in [-0.2, -0.15) is 0 Å². The highest BCUT2D eigenvalue weighted by atomic mass is 19.1. The predicted octanol–water partition coefficient (Wildman–Crippen LogP) is 4.66. The van der Waals surface area contributed by atoms with Crippen molar-refractivity contribution in [3.8, 4) is 0 Å². The maximum absolute atomic E-state index is 15.6. The molecule has 4 aliphatic carbocycles. The molecule has 0 bridgehead atoms. The number of hydrogen-bond acceptors (Lipinski definition) is 4. The maximum Gasteiger partial charge on any atom is 0.145 e. The number of oxime groups is 1. The van der Waals surface area contributed by atoms with Crippen LogP contribution in [0.15, 0.2) is 5.16 Å². The topological polar surface area (TPSA) is 64.7 Å². The van der Waals surface area contributed by atoms with Crippen LogP contribution >= 0.6 is 0 Å². The summed E-state index contributed by atoms with van der Waals surface area (Å²) in [6, 6.07) is 0. The van der Waals surface area contributed by atoms with Crippen molar-refractivity contribution in [1.29, 1.82) is 0 Å². The highest BCUT2D eigenvalue weighted by Crippen LogP contribution is 2.65. The van der Waals surface area contributed by atoms with Crippen LogP contribution in [0.1, 0.15) is 79.1 Å². The van der Waals surface area contributed by atoms with Gasteiger partial charge in [-0.15, -0.1) is 0 Å². The largest absolute Gasteiger partial charge is 0.388 e. The Kier molecular flexibility index (Phi) is 4.92. The van der Waals surface area contributed by atoms with Crippen molar-refractivity contribution in [2.75, 3.05) is 6.54 Å². The number of halogens is 1. The van der Waals surface area contributed by atoms with E-state index in [0.29, 0.717) is 42.2 Å². The van der Waals surface area contributed by atoms with Crippen LogP contribution in [0.3, 0.4) is 0 Å². The van der Waals surface area contributed by atoms with Crippen molar-refractivity contribution in [3.05, 3.63) is 0 Å². The molecule has 158 valence electrons. The molecule has 1 unspecified atom stereocenters.